The summed E-state index contributed by atoms with van der Waals surface area (Å²) in [5, 5.41) is 4.54. The highest BCUT2D eigenvalue weighted by molar-refractivity contribution is 7.92. The standard InChI is InChI=1S/C14H17FN4O3S/c1-22-14(13(9-15)17-19-16)11-6-4-10(5-7-11)12-3-2-8-23(20,21)18-12/h2,4-8,12-14,18H,3,9H2,1H3/t12?,13-,14-/m1/s1. The average molecular weight is 340 g/mol. The molecular weight excluding hydrogens is 323 g/mol. The molecule has 1 aromatic rings. The molecule has 23 heavy (non-hydrogen) atoms. The van der Waals surface area contributed by atoms with Crippen LogP contribution in [0, 0.1) is 0 Å². The molecule has 1 aromatic carbocycles. The molecule has 1 N–H and O–H groups in total. The van der Waals surface area contributed by atoms with E-state index in [0.29, 0.717) is 12.0 Å². The summed E-state index contributed by atoms with van der Waals surface area (Å²) < 4.78 is 43.9. The van der Waals surface area contributed by atoms with Crippen LogP contribution >= 0.6 is 0 Å². The minimum atomic E-state index is -3.40. The molecule has 0 spiro atoms. The fourth-order valence-electron chi connectivity index (χ4n) is 2.48. The number of rotatable bonds is 6. The Labute approximate surface area is 133 Å². The van der Waals surface area contributed by atoms with E-state index in [1.165, 1.54) is 7.11 Å². The molecule has 0 aliphatic carbocycles. The maximum absolute atomic E-state index is 13.0. The number of nitrogens with one attached hydrogen (secondary N) is 1. The van der Waals surface area contributed by atoms with Gasteiger partial charge in [0, 0.05) is 17.4 Å². The normalized spacial score (nSPS) is 22.1. The average Bonchev–Trinajstić information content (AvgIpc) is 2.54. The molecule has 2 rings (SSSR count). The number of benzene rings is 1. The highest BCUT2D eigenvalue weighted by Gasteiger charge is 2.24. The summed E-state index contributed by atoms with van der Waals surface area (Å²) in [5.74, 6) is 0. The lowest BCUT2D eigenvalue weighted by atomic mass is 9.98. The maximum Gasteiger partial charge on any atom is 0.233 e. The zero-order valence-electron chi connectivity index (χ0n) is 12.5. The highest BCUT2D eigenvalue weighted by atomic mass is 32.2. The number of halogens is 1. The third kappa shape index (κ3) is 4.29. The van der Waals surface area contributed by atoms with Gasteiger partial charge in [0.05, 0.1) is 18.2 Å². The van der Waals surface area contributed by atoms with Crippen molar-refractivity contribution in [1.82, 2.24) is 4.72 Å². The summed E-state index contributed by atoms with van der Waals surface area (Å²) >= 11 is 0. The van der Waals surface area contributed by atoms with Gasteiger partial charge in [-0.2, -0.15) is 0 Å². The van der Waals surface area contributed by atoms with Gasteiger partial charge in [0.1, 0.15) is 6.67 Å². The van der Waals surface area contributed by atoms with Crippen molar-refractivity contribution in [3.63, 3.8) is 0 Å². The van der Waals surface area contributed by atoms with Gasteiger partial charge in [0.25, 0.3) is 0 Å². The molecule has 3 atom stereocenters. The summed E-state index contributed by atoms with van der Waals surface area (Å²) in [6.07, 6.45) is 1.45. The number of azide groups is 1. The Bertz CT molecular complexity index is 714. The van der Waals surface area contributed by atoms with Crippen LogP contribution in [-0.2, 0) is 14.8 Å². The Balaban J connectivity index is 2.21. The van der Waals surface area contributed by atoms with Crippen LogP contribution in [0.1, 0.15) is 29.7 Å². The number of nitrogens with zero attached hydrogens (tertiary/aromatic N) is 3. The smallest absolute Gasteiger partial charge is 0.233 e. The first kappa shape index (κ1) is 17.4. The van der Waals surface area contributed by atoms with Crippen LogP contribution in [0.25, 0.3) is 10.4 Å². The summed E-state index contributed by atoms with van der Waals surface area (Å²) in [5.41, 5.74) is 9.93. The number of hydrogen-bond donors (Lipinski definition) is 1. The second kappa shape index (κ2) is 7.56. The molecule has 1 aliphatic heterocycles. The number of methoxy groups -OCH3 is 1. The van der Waals surface area contributed by atoms with Crippen molar-refractivity contribution < 1.29 is 17.5 Å². The first-order chi connectivity index (χ1) is 11.0. The van der Waals surface area contributed by atoms with Gasteiger partial charge in [-0.1, -0.05) is 35.5 Å². The van der Waals surface area contributed by atoms with E-state index in [1.807, 2.05) is 0 Å². The molecule has 1 heterocycles. The van der Waals surface area contributed by atoms with E-state index in [9.17, 15) is 12.8 Å². The first-order valence-electron chi connectivity index (χ1n) is 6.92. The largest absolute Gasteiger partial charge is 0.376 e. The highest BCUT2D eigenvalue weighted by Crippen LogP contribution is 2.27. The van der Waals surface area contributed by atoms with E-state index in [2.05, 4.69) is 14.7 Å². The van der Waals surface area contributed by atoms with E-state index in [4.69, 9.17) is 10.3 Å². The molecule has 0 aromatic heterocycles. The molecule has 7 nitrogen and oxygen atoms in total. The number of alkyl halides is 1. The lowest BCUT2D eigenvalue weighted by molar-refractivity contribution is 0.0722. The van der Waals surface area contributed by atoms with Crippen molar-refractivity contribution >= 4 is 10.0 Å². The molecule has 124 valence electrons. The summed E-state index contributed by atoms with van der Waals surface area (Å²) in [6, 6.07) is 5.64. The van der Waals surface area contributed by atoms with E-state index >= 15 is 0 Å². The molecule has 0 radical (unpaired) electrons. The summed E-state index contributed by atoms with van der Waals surface area (Å²) in [7, 11) is -1.99. The van der Waals surface area contributed by atoms with Gasteiger partial charge >= 0.3 is 0 Å². The molecule has 9 heteroatoms. The second-order valence-corrected chi connectivity index (χ2v) is 6.67. The number of hydrogen-bond acceptors (Lipinski definition) is 4. The topological polar surface area (TPSA) is 104 Å². The zero-order chi connectivity index (χ0) is 16.9. The van der Waals surface area contributed by atoms with Crippen LogP contribution in [0.2, 0.25) is 0 Å². The Kier molecular flexibility index (Phi) is 5.73. The maximum atomic E-state index is 13.0. The predicted octanol–water partition coefficient (Wildman–Crippen LogP) is 2.90. The van der Waals surface area contributed by atoms with Crippen molar-refractivity contribution in [2.45, 2.75) is 24.6 Å². The lowest BCUT2D eigenvalue weighted by Crippen LogP contribution is -2.29. The number of sulfonamides is 1. The van der Waals surface area contributed by atoms with Crippen molar-refractivity contribution in [3.05, 3.63) is 57.3 Å². The molecule has 0 fully saturated rings. The van der Waals surface area contributed by atoms with Crippen LogP contribution in [0.3, 0.4) is 0 Å². The van der Waals surface area contributed by atoms with Crippen molar-refractivity contribution in [2.24, 2.45) is 5.11 Å². The summed E-state index contributed by atoms with van der Waals surface area (Å²) in [6.45, 7) is -0.836. The number of ether oxygens (including phenoxy) is 1. The van der Waals surface area contributed by atoms with Crippen LogP contribution in [0.5, 0.6) is 0 Å². The van der Waals surface area contributed by atoms with Crippen molar-refractivity contribution in [3.8, 4) is 0 Å². The van der Waals surface area contributed by atoms with Gasteiger partial charge in [-0.15, -0.1) is 0 Å². The van der Waals surface area contributed by atoms with Gasteiger partial charge in [0.15, 0.2) is 0 Å². The molecule has 0 bridgehead atoms. The van der Waals surface area contributed by atoms with Gasteiger partial charge in [-0.05, 0) is 23.1 Å². The fourth-order valence-corrected chi connectivity index (χ4v) is 3.55. The van der Waals surface area contributed by atoms with Crippen molar-refractivity contribution in [1.29, 1.82) is 0 Å². The third-order valence-corrected chi connectivity index (χ3v) is 4.75. The molecule has 0 amide bonds. The van der Waals surface area contributed by atoms with Gasteiger partial charge in [-0.3, -0.25) is 4.39 Å². The molecule has 0 saturated carbocycles. The van der Waals surface area contributed by atoms with Crippen LogP contribution in [0.4, 0.5) is 4.39 Å². The van der Waals surface area contributed by atoms with E-state index < -0.39 is 28.8 Å². The van der Waals surface area contributed by atoms with Gasteiger partial charge < -0.3 is 4.74 Å². The van der Waals surface area contributed by atoms with Crippen LogP contribution < -0.4 is 4.72 Å². The van der Waals surface area contributed by atoms with Crippen LogP contribution in [-0.4, -0.2) is 28.2 Å². The molecule has 1 unspecified atom stereocenters. The molecule has 1 aliphatic rings. The van der Waals surface area contributed by atoms with E-state index in [0.717, 1.165) is 11.0 Å². The van der Waals surface area contributed by atoms with Crippen LogP contribution in [0.15, 0.2) is 40.9 Å². The monoisotopic (exact) mass is 340 g/mol. The predicted molar refractivity (Wildman–Crippen MR) is 83.7 cm³/mol. The first-order valence-corrected chi connectivity index (χ1v) is 8.47. The lowest BCUT2D eigenvalue weighted by Gasteiger charge is -2.23. The Morgan fingerprint density at radius 1 is 1.48 bits per heavy atom. The SMILES string of the molecule is CO[C@H](c1ccc(C2CC=CS(=O)(=O)N2)cc1)[C@@H](CF)N=[N+]=[N-]. The Morgan fingerprint density at radius 2 is 2.17 bits per heavy atom. The third-order valence-electron chi connectivity index (χ3n) is 3.58. The van der Waals surface area contributed by atoms with Gasteiger partial charge in [-0.25, -0.2) is 13.1 Å². The van der Waals surface area contributed by atoms with E-state index in [-0.39, 0.29) is 6.04 Å². The quantitative estimate of drug-likeness (QED) is 0.489. The minimum Gasteiger partial charge on any atom is -0.376 e. The fraction of sp³-hybridized carbons (Fsp3) is 0.429. The molecule has 0 saturated heterocycles. The minimum absolute atomic E-state index is 0.339. The molecular formula is C14H17FN4O3S. The van der Waals surface area contributed by atoms with Crippen molar-refractivity contribution in [2.75, 3.05) is 13.8 Å². The Morgan fingerprint density at radius 3 is 2.70 bits per heavy atom. The second-order valence-electron chi connectivity index (χ2n) is 5.07. The zero-order valence-corrected chi connectivity index (χ0v) is 13.3. The Hall–Kier alpha value is -1.93. The van der Waals surface area contributed by atoms with E-state index in [1.54, 1.807) is 30.3 Å². The van der Waals surface area contributed by atoms with Gasteiger partial charge in [0.2, 0.25) is 10.0 Å². The summed E-state index contributed by atoms with van der Waals surface area (Å²) in [4.78, 5) is 2.63.